The van der Waals surface area contributed by atoms with Crippen molar-refractivity contribution in [1.82, 2.24) is 19.7 Å². The molecule has 0 saturated carbocycles. The van der Waals surface area contributed by atoms with Gasteiger partial charge in [-0.3, -0.25) is 4.68 Å². The fourth-order valence-electron chi connectivity index (χ4n) is 5.81. The van der Waals surface area contributed by atoms with Crippen LogP contribution in [0.15, 0.2) is 122 Å². The summed E-state index contributed by atoms with van der Waals surface area (Å²) in [6.07, 6.45) is 8.12. The summed E-state index contributed by atoms with van der Waals surface area (Å²) in [5, 5.41) is 6.13. The number of rotatable bonds is 6. The Kier molecular flexibility index (Phi) is 5.94. The zero-order chi connectivity index (χ0) is 26.1. The summed E-state index contributed by atoms with van der Waals surface area (Å²) >= 11 is 0. The van der Waals surface area contributed by atoms with Crippen LogP contribution in [-0.2, 0) is 10.3 Å². The SMILES string of the molecule is c1ccc(C(c2ccccc2)(c2ccccc2)n2cc(-c3c[nH]c4ncc(N5CCOCC5)cc34)cn2)cc1. The highest BCUT2D eigenvalue weighted by Gasteiger charge is 2.39. The van der Waals surface area contributed by atoms with Gasteiger partial charge in [-0.25, -0.2) is 4.98 Å². The first-order valence-corrected chi connectivity index (χ1v) is 13.4. The van der Waals surface area contributed by atoms with Gasteiger partial charge in [0.15, 0.2) is 0 Å². The first-order chi connectivity index (χ1) is 19.3. The molecule has 1 saturated heterocycles. The molecule has 0 spiro atoms. The fraction of sp³-hybridized carbons (Fsp3) is 0.152. The van der Waals surface area contributed by atoms with Crippen molar-refractivity contribution in [3.05, 3.63) is 139 Å². The first kappa shape index (κ1) is 23.4. The summed E-state index contributed by atoms with van der Waals surface area (Å²) in [5.41, 5.74) is 6.90. The van der Waals surface area contributed by atoms with E-state index in [1.165, 1.54) is 0 Å². The lowest BCUT2D eigenvalue weighted by molar-refractivity contribution is 0.122. The van der Waals surface area contributed by atoms with Crippen LogP contribution in [0.1, 0.15) is 16.7 Å². The second-order valence-corrected chi connectivity index (χ2v) is 9.87. The standard InChI is InChI=1S/C33H29N5O/c1-4-10-26(11-5-1)33(27-12-6-2-7-13-27,28-14-8-3-9-15-28)38-24-25(21-36-38)31-23-35-32-30(31)20-29(22-34-32)37-16-18-39-19-17-37/h1-15,20-24H,16-19H2,(H,34,35). The predicted octanol–water partition coefficient (Wildman–Crippen LogP) is 6.10. The number of hydrogen-bond donors (Lipinski definition) is 1. The van der Waals surface area contributed by atoms with Crippen molar-refractivity contribution in [2.45, 2.75) is 5.54 Å². The molecule has 7 rings (SSSR count). The summed E-state index contributed by atoms with van der Waals surface area (Å²) < 4.78 is 7.66. The van der Waals surface area contributed by atoms with Crippen LogP contribution < -0.4 is 4.90 Å². The Labute approximate surface area is 227 Å². The lowest BCUT2D eigenvalue weighted by atomic mass is 9.77. The molecule has 6 nitrogen and oxygen atoms in total. The van der Waals surface area contributed by atoms with E-state index in [0.29, 0.717) is 0 Å². The maximum Gasteiger partial charge on any atom is 0.138 e. The average molecular weight is 512 g/mol. The molecule has 1 N–H and O–H groups in total. The second-order valence-electron chi connectivity index (χ2n) is 9.87. The normalized spacial score (nSPS) is 14.1. The van der Waals surface area contributed by atoms with Crippen LogP contribution in [0.4, 0.5) is 5.69 Å². The van der Waals surface area contributed by atoms with E-state index >= 15 is 0 Å². The number of anilines is 1. The minimum Gasteiger partial charge on any atom is -0.378 e. The molecular weight excluding hydrogens is 482 g/mol. The van der Waals surface area contributed by atoms with E-state index in [9.17, 15) is 0 Å². The number of nitrogens with one attached hydrogen (secondary N) is 1. The quantitative estimate of drug-likeness (QED) is 0.275. The van der Waals surface area contributed by atoms with E-state index in [0.717, 1.165) is 70.8 Å². The molecular formula is C33H29N5O. The van der Waals surface area contributed by atoms with Crippen molar-refractivity contribution < 1.29 is 4.74 Å². The maximum atomic E-state index is 5.55. The Morgan fingerprint density at radius 3 is 1.92 bits per heavy atom. The van der Waals surface area contributed by atoms with E-state index in [-0.39, 0.29) is 0 Å². The fourth-order valence-corrected chi connectivity index (χ4v) is 5.81. The molecule has 1 aliphatic heterocycles. The van der Waals surface area contributed by atoms with Crippen LogP contribution in [0.3, 0.4) is 0 Å². The number of nitrogens with zero attached hydrogens (tertiary/aromatic N) is 4. The molecule has 0 unspecified atom stereocenters. The molecule has 0 radical (unpaired) electrons. The Morgan fingerprint density at radius 2 is 1.33 bits per heavy atom. The molecule has 4 heterocycles. The summed E-state index contributed by atoms with van der Waals surface area (Å²) in [5.74, 6) is 0. The van der Waals surface area contributed by atoms with Crippen molar-refractivity contribution in [2.24, 2.45) is 0 Å². The van der Waals surface area contributed by atoms with Crippen molar-refractivity contribution in [2.75, 3.05) is 31.2 Å². The highest BCUT2D eigenvalue weighted by molar-refractivity contribution is 5.95. The molecule has 0 atom stereocenters. The van der Waals surface area contributed by atoms with Gasteiger partial charge in [-0.15, -0.1) is 0 Å². The van der Waals surface area contributed by atoms with Crippen LogP contribution in [-0.4, -0.2) is 46.1 Å². The second kappa shape index (κ2) is 9.89. The van der Waals surface area contributed by atoms with Crippen molar-refractivity contribution in [3.63, 3.8) is 0 Å². The lowest BCUT2D eigenvalue weighted by Crippen LogP contribution is -2.38. The molecule has 192 valence electrons. The van der Waals surface area contributed by atoms with Crippen molar-refractivity contribution >= 4 is 16.7 Å². The van der Waals surface area contributed by atoms with Crippen LogP contribution >= 0.6 is 0 Å². The number of fused-ring (bicyclic) bond motifs is 1. The van der Waals surface area contributed by atoms with Gasteiger partial charge in [-0.2, -0.15) is 5.10 Å². The predicted molar refractivity (Wildman–Crippen MR) is 155 cm³/mol. The van der Waals surface area contributed by atoms with E-state index in [2.05, 4.69) is 118 Å². The van der Waals surface area contributed by atoms with Crippen LogP contribution in [0.2, 0.25) is 0 Å². The van der Waals surface area contributed by atoms with E-state index in [4.69, 9.17) is 14.8 Å². The highest BCUT2D eigenvalue weighted by Crippen LogP contribution is 2.41. The number of benzene rings is 3. The van der Waals surface area contributed by atoms with Crippen LogP contribution in [0.5, 0.6) is 0 Å². The number of aromatic nitrogens is 4. The van der Waals surface area contributed by atoms with Crippen molar-refractivity contribution in [3.8, 4) is 11.1 Å². The molecule has 3 aromatic carbocycles. The zero-order valence-electron chi connectivity index (χ0n) is 21.6. The average Bonchev–Trinajstić information content (AvgIpc) is 3.67. The highest BCUT2D eigenvalue weighted by atomic mass is 16.5. The minimum absolute atomic E-state index is 0.647. The molecule has 0 aliphatic carbocycles. The van der Waals surface area contributed by atoms with Gasteiger partial charge in [-0.05, 0) is 22.8 Å². The Hall–Kier alpha value is -4.68. The van der Waals surface area contributed by atoms with E-state index in [1.54, 1.807) is 0 Å². The van der Waals surface area contributed by atoms with Crippen molar-refractivity contribution in [1.29, 1.82) is 0 Å². The van der Waals surface area contributed by atoms with Gasteiger partial charge in [0.2, 0.25) is 0 Å². The number of aromatic amines is 1. The topological polar surface area (TPSA) is 59.0 Å². The molecule has 1 aliphatic rings. The summed E-state index contributed by atoms with van der Waals surface area (Å²) in [6, 6.07) is 34.1. The van der Waals surface area contributed by atoms with E-state index < -0.39 is 5.54 Å². The van der Waals surface area contributed by atoms with Gasteiger partial charge in [0.05, 0.1) is 31.3 Å². The zero-order valence-corrected chi connectivity index (χ0v) is 21.6. The third-order valence-electron chi connectivity index (χ3n) is 7.70. The number of morpholine rings is 1. The number of ether oxygens (including phenoxy) is 1. The molecule has 6 heteroatoms. The van der Waals surface area contributed by atoms with Gasteiger partial charge in [0.25, 0.3) is 0 Å². The van der Waals surface area contributed by atoms with Crippen LogP contribution in [0.25, 0.3) is 22.2 Å². The molecule has 0 bridgehead atoms. The minimum atomic E-state index is -0.647. The summed E-state index contributed by atoms with van der Waals surface area (Å²) in [6.45, 7) is 3.23. The molecule has 1 fully saturated rings. The van der Waals surface area contributed by atoms with Crippen LogP contribution in [0, 0.1) is 0 Å². The smallest absolute Gasteiger partial charge is 0.138 e. The third-order valence-corrected chi connectivity index (χ3v) is 7.70. The Bertz CT molecular complexity index is 1590. The lowest BCUT2D eigenvalue weighted by Gasteiger charge is -2.36. The van der Waals surface area contributed by atoms with Gasteiger partial charge in [0.1, 0.15) is 11.2 Å². The van der Waals surface area contributed by atoms with E-state index in [1.807, 2.05) is 18.6 Å². The summed E-state index contributed by atoms with van der Waals surface area (Å²) in [4.78, 5) is 10.4. The number of hydrogen-bond acceptors (Lipinski definition) is 4. The summed E-state index contributed by atoms with van der Waals surface area (Å²) in [7, 11) is 0. The van der Waals surface area contributed by atoms with Gasteiger partial charge < -0.3 is 14.6 Å². The maximum absolute atomic E-state index is 5.55. The Morgan fingerprint density at radius 1 is 0.744 bits per heavy atom. The third kappa shape index (κ3) is 4.01. The number of pyridine rings is 1. The first-order valence-electron chi connectivity index (χ1n) is 13.4. The number of H-pyrrole nitrogens is 1. The van der Waals surface area contributed by atoms with Gasteiger partial charge in [0, 0.05) is 42.0 Å². The Balaban J connectivity index is 1.41. The largest absolute Gasteiger partial charge is 0.378 e. The molecule has 6 aromatic rings. The molecule has 3 aromatic heterocycles. The monoisotopic (exact) mass is 511 g/mol. The van der Waals surface area contributed by atoms with Gasteiger partial charge in [-0.1, -0.05) is 91.0 Å². The molecule has 39 heavy (non-hydrogen) atoms. The molecule has 0 amide bonds. The van der Waals surface area contributed by atoms with Gasteiger partial charge >= 0.3 is 0 Å².